The van der Waals surface area contributed by atoms with E-state index >= 15 is 0 Å². The van der Waals surface area contributed by atoms with E-state index in [0.29, 0.717) is 18.4 Å². The van der Waals surface area contributed by atoms with E-state index in [0.717, 1.165) is 12.1 Å². The van der Waals surface area contributed by atoms with Crippen molar-refractivity contribution in [2.45, 2.75) is 141 Å². The number of aliphatic carboxylic acids is 1. The molecule has 0 unspecified atom stereocenters. The summed E-state index contributed by atoms with van der Waals surface area (Å²) in [5, 5.41) is 48.6. The molecule has 2 aromatic rings. The number of benzene rings is 2. The number of guanidine groups is 1. The zero-order valence-corrected chi connectivity index (χ0v) is 41.0. The first-order chi connectivity index (χ1) is 33.8. The van der Waals surface area contributed by atoms with Crippen LogP contribution < -0.4 is 60.2 Å². The standard InChI is InChI=1S/C46H69N13O13/c1-6-7-9-31(38(48)63)53-40(65)26(5)52-41(66)33(19-20-36(61)62)55-43(68)34(22-27-11-15-29(16-12-27)59(71)72)56-44(69)35(23-28-13-17-30(60)18-14-28)57-45(70)37(24(2)3)58-42(67)32(54-39(64)25(4)47)10-8-21-51-46(49)50/h11-18,24-26,31-35,37,60H,6-10,19-23,47H2,1-5H3,(H2,48,63)(H,52,66)(H,53,65)(H,54,64)(H,55,68)(H,56,69)(H,57,70)(H,58,67)(H,61,62)(H4,49,50,51)/t25-,26-,31-,32-,33-,34-,35-,37-/m0/s1. The van der Waals surface area contributed by atoms with Crippen molar-refractivity contribution in [3.8, 4) is 5.75 Å². The maximum atomic E-state index is 14.5. The molecule has 0 radical (unpaired) electrons. The number of non-ortho nitro benzene ring substituents is 1. The van der Waals surface area contributed by atoms with Gasteiger partial charge in [-0.1, -0.05) is 57.9 Å². The number of hydrogen-bond acceptors (Lipinski definition) is 14. The second kappa shape index (κ2) is 30.0. The topological polar surface area (TPSA) is 438 Å². The monoisotopic (exact) mass is 1010 g/mol. The Kier molecular flexibility index (Phi) is 25.1. The van der Waals surface area contributed by atoms with Crippen LogP contribution in [0.25, 0.3) is 0 Å². The number of carboxylic acid groups (broad SMARTS) is 1. The minimum absolute atomic E-state index is 0.0291. The lowest BCUT2D eigenvalue weighted by Gasteiger charge is -2.29. The summed E-state index contributed by atoms with van der Waals surface area (Å²) in [4.78, 5) is 134. The minimum atomic E-state index is -1.64. The summed E-state index contributed by atoms with van der Waals surface area (Å²) in [6.07, 6.45) is -0.0614. The Balaban J connectivity index is 2.57. The molecular weight excluding hydrogens is 943 g/mol. The molecule has 72 heavy (non-hydrogen) atoms. The average Bonchev–Trinajstić information content (AvgIpc) is 3.31. The Morgan fingerprint density at radius 1 is 0.611 bits per heavy atom. The highest BCUT2D eigenvalue weighted by Gasteiger charge is 2.35. The number of hydrogen-bond donors (Lipinski definition) is 13. The Morgan fingerprint density at radius 3 is 1.56 bits per heavy atom. The van der Waals surface area contributed by atoms with Gasteiger partial charge in [-0.15, -0.1) is 0 Å². The number of carbonyl (C=O) groups is 9. The lowest BCUT2D eigenvalue weighted by molar-refractivity contribution is -0.384. The first-order valence-corrected chi connectivity index (χ1v) is 23.3. The third-order valence-electron chi connectivity index (χ3n) is 11.0. The summed E-state index contributed by atoms with van der Waals surface area (Å²) in [6.45, 7) is 7.88. The molecule has 0 heterocycles. The maximum absolute atomic E-state index is 14.5. The molecule has 0 aliphatic rings. The van der Waals surface area contributed by atoms with E-state index in [-0.39, 0.29) is 61.6 Å². The predicted molar refractivity (Wildman–Crippen MR) is 262 cm³/mol. The largest absolute Gasteiger partial charge is 0.508 e. The van der Waals surface area contributed by atoms with Gasteiger partial charge in [-0.3, -0.25) is 58.3 Å². The van der Waals surface area contributed by atoms with Gasteiger partial charge in [-0.2, -0.15) is 0 Å². The Hall–Kier alpha value is -7.90. The number of nitrogens with two attached hydrogens (primary N) is 4. The molecule has 0 aromatic heterocycles. The van der Waals surface area contributed by atoms with Crippen LogP contribution in [0.2, 0.25) is 0 Å². The van der Waals surface area contributed by atoms with Crippen LogP contribution >= 0.6 is 0 Å². The number of carbonyl (C=O) groups excluding carboxylic acids is 8. The Bertz CT molecular complexity index is 2240. The molecule has 0 aliphatic carbocycles. The van der Waals surface area contributed by atoms with Crippen molar-refractivity contribution in [2.75, 3.05) is 6.54 Å². The molecule has 2 aromatic carbocycles. The Labute approximate surface area is 416 Å². The first kappa shape index (κ1) is 60.2. The smallest absolute Gasteiger partial charge is 0.303 e. The number of nitro benzene ring substituents is 1. The molecule has 0 aliphatic heterocycles. The zero-order chi connectivity index (χ0) is 54.2. The van der Waals surface area contributed by atoms with E-state index in [9.17, 15) is 63.5 Å². The molecule has 17 N–H and O–H groups in total. The highest BCUT2D eigenvalue weighted by atomic mass is 16.6. The van der Waals surface area contributed by atoms with Crippen LogP contribution in [0.3, 0.4) is 0 Å². The summed E-state index contributed by atoms with van der Waals surface area (Å²) in [7, 11) is 0. The van der Waals surface area contributed by atoms with Gasteiger partial charge in [0, 0.05) is 37.9 Å². The summed E-state index contributed by atoms with van der Waals surface area (Å²) in [5.41, 5.74) is 22.4. The van der Waals surface area contributed by atoms with Gasteiger partial charge in [-0.25, -0.2) is 0 Å². The van der Waals surface area contributed by atoms with Crippen LogP contribution in [0.1, 0.15) is 90.7 Å². The molecule has 0 saturated heterocycles. The molecule has 2 rings (SSSR count). The minimum Gasteiger partial charge on any atom is -0.508 e. The number of phenolic OH excluding ortho intramolecular Hbond substituents is 1. The molecule has 0 bridgehead atoms. The van der Waals surface area contributed by atoms with Gasteiger partial charge in [-0.05, 0) is 68.7 Å². The van der Waals surface area contributed by atoms with Crippen molar-refractivity contribution in [3.05, 3.63) is 69.8 Å². The summed E-state index contributed by atoms with van der Waals surface area (Å²) < 4.78 is 0. The number of nitrogens with one attached hydrogen (secondary N) is 7. The number of aliphatic imine (C=N–C) groups is 1. The molecular formula is C46H69N13O13. The number of amides is 8. The van der Waals surface area contributed by atoms with Crippen LogP contribution in [0.4, 0.5) is 5.69 Å². The van der Waals surface area contributed by atoms with Crippen LogP contribution in [0.15, 0.2) is 53.5 Å². The maximum Gasteiger partial charge on any atom is 0.303 e. The molecule has 0 saturated carbocycles. The highest BCUT2D eigenvalue weighted by molar-refractivity contribution is 5.98. The number of carboxylic acids is 1. The van der Waals surface area contributed by atoms with Crippen molar-refractivity contribution < 1.29 is 58.3 Å². The van der Waals surface area contributed by atoms with Crippen molar-refractivity contribution in [1.82, 2.24) is 37.2 Å². The molecule has 8 atom stereocenters. The second-order valence-electron chi connectivity index (χ2n) is 17.5. The van der Waals surface area contributed by atoms with E-state index in [4.69, 9.17) is 22.9 Å². The third kappa shape index (κ3) is 21.4. The van der Waals surface area contributed by atoms with Gasteiger partial charge in [0.25, 0.3) is 5.69 Å². The van der Waals surface area contributed by atoms with Gasteiger partial charge in [0.15, 0.2) is 5.96 Å². The second-order valence-corrected chi connectivity index (χ2v) is 17.5. The lowest BCUT2D eigenvalue weighted by Crippen LogP contribution is -2.61. The Morgan fingerprint density at radius 2 is 1.07 bits per heavy atom. The zero-order valence-electron chi connectivity index (χ0n) is 41.0. The van der Waals surface area contributed by atoms with Gasteiger partial charge >= 0.3 is 5.97 Å². The lowest BCUT2D eigenvalue weighted by atomic mass is 9.99. The van der Waals surface area contributed by atoms with Crippen molar-refractivity contribution >= 4 is 64.9 Å². The van der Waals surface area contributed by atoms with Crippen LogP contribution in [0, 0.1) is 16.0 Å². The third-order valence-corrected chi connectivity index (χ3v) is 11.0. The van der Waals surface area contributed by atoms with E-state index in [2.05, 4.69) is 42.2 Å². The van der Waals surface area contributed by atoms with Crippen molar-refractivity contribution in [2.24, 2.45) is 33.8 Å². The van der Waals surface area contributed by atoms with Gasteiger partial charge in [0.05, 0.1) is 11.0 Å². The number of primary amides is 1. The van der Waals surface area contributed by atoms with Crippen LogP contribution in [-0.2, 0) is 56.0 Å². The predicted octanol–water partition coefficient (Wildman–Crippen LogP) is -1.90. The van der Waals surface area contributed by atoms with Gasteiger partial charge in [0.2, 0.25) is 47.3 Å². The molecule has 396 valence electrons. The fourth-order valence-electron chi connectivity index (χ4n) is 6.85. The molecule has 0 fully saturated rings. The number of rotatable bonds is 31. The van der Waals surface area contributed by atoms with E-state index < -0.39 is 125 Å². The first-order valence-electron chi connectivity index (χ1n) is 23.3. The van der Waals surface area contributed by atoms with E-state index in [1.54, 1.807) is 13.8 Å². The summed E-state index contributed by atoms with van der Waals surface area (Å²) in [6, 6.07) is -0.203. The fraction of sp³-hybridized carbons (Fsp3) is 0.522. The van der Waals surface area contributed by atoms with Crippen molar-refractivity contribution in [3.63, 3.8) is 0 Å². The molecule has 0 spiro atoms. The fourth-order valence-corrected chi connectivity index (χ4v) is 6.85. The average molecular weight is 1010 g/mol. The van der Waals surface area contributed by atoms with Gasteiger partial charge < -0.3 is 70.4 Å². The quantitative estimate of drug-likeness (QED) is 0.0129. The molecule has 26 heteroatoms. The van der Waals surface area contributed by atoms with Crippen LogP contribution in [0.5, 0.6) is 5.75 Å². The molecule has 26 nitrogen and oxygen atoms in total. The molecule has 8 amide bonds. The summed E-state index contributed by atoms with van der Waals surface area (Å²) in [5.74, 6) is -9.26. The summed E-state index contributed by atoms with van der Waals surface area (Å²) >= 11 is 0. The highest BCUT2D eigenvalue weighted by Crippen LogP contribution is 2.16. The van der Waals surface area contributed by atoms with E-state index in [1.807, 2.05) is 6.92 Å². The number of aromatic hydroxyl groups is 1. The number of nitro groups is 1. The van der Waals surface area contributed by atoms with Crippen LogP contribution in [-0.4, -0.2) is 129 Å². The SMILES string of the molecule is CCCC[C@H](NC(=O)[C@H](C)NC(=O)[C@H](CCC(=O)O)NC(=O)[C@H](Cc1ccc([N+](=O)[O-])cc1)NC(=O)[C@H](Cc1ccc(O)cc1)NC(=O)[C@@H](NC(=O)[C@H](CCCN=C(N)N)NC(=O)[C@H](C)N)C(C)C)C(N)=O. The number of nitrogens with zero attached hydrogens (tertiary/aromatic N) is 2. The van der Waals surface area contributed by atoms with Gasteiger partial charge in [0.1, 0.15) is 48.0 Å². The normalized spacial score (nSPS) is 14.3. The number of phenols is 1. The number of unbranched alkanes of at least 4 members (excludes halogenated alkanes) is 1. The van der Waals surface area contributed by atoms with Crippen molar-refractivity contribution in [1.29, 1.82) is 0 Å². The van der Waals surface area contributed by atoms with E-state index in [1.165, 1.54) is 50.2 Å².